The van der Waals surface area contributed by atoms with E-state index in [1.54, 1.807) is 0 Å². The molecule has 1 N–H and O–H groups in total. The van der Waals surface area contributed by atoms with Crippen molar-refractivity contribution in [3.8, 4) is 0 Å². The second-order valence-electron chi connectivity index (χ2n) is 4.52. The first-order valence-electron chi connectivity index (χ1n) is 5.64. The minimum absolute atomic E-state index is 0.251. The number of benzene rings is 1. The Morgan fingerprint density at radius 3 is 2.93 bits per heavy atom. The Bertz CT molecular complexity index is 348. The molecule has 0 aromatic heterocycles. The molecule has 0 amide bonds. The Morgan fingerprint density at radius 1 is 1.40 bits per heavy atom. The van der Waals surface area contributed by atoms with Crippen LogP contribution in [0.25, 0.3) is 0 Å². The maximum absolute atomic E-state index is 9.15. The average Bonchev–Trinajstić information content (AvgIpc) is 2.27. The lowest BCUT2D eigenvalue weighted by molar-refractivity contribution is 0.123. The van der Waals surface area contributed by atoms with E-state index in [0.29, 0.717) is 0 Å². The van der Waals surface area contributed by atoms with E-state index in [4.69, 9.17) is 5.11 Å². The minimum Gasteiger partial charge on any atom is -0.395 e. The Labute approximate surface area is 91.5 Å². The highest BCUT2D eigenvalue weighted by atomic mass is 16.3. The highest BCUT2D eigenvalue weighted by molar-refractivity contribution is 5.33. The molecule has 15 heavy (non-hydrogen) atoms. The van der Waals surface area contributed by atoms with Crippen molar-refractivity contribution in [3.05, 3.63) is 34.9 Å². The largest absolute Gasteiger partial charge is 0.395 e. The Balaban J connectivity index is 2.18. The summed E-state index contributed by atoms with van der Waals surface area (Å²) < 4.78 is 0. The van der Waals surface area contributed by atoms with Gasteiger partial charge in [0.1, 0.15) is 0 Å². The molecule has 1 aromatic carbocycles. The van der Waals surface area contributed by atoms with Crippen LogP contribution in [-0.4, -0.2) is 29.2 Å². The topological polar surface area (TPSA) is 23.5 Å². The van der Waals surface area contributed by atoms with Gasteiger partial charge in [-0.15, -0.1) is 0 Å². The molecule has 1 aliphatic heterocycles. The summed E-state index contributed by atoms with van der Waals surface area (Å²) >= 11 is 0. The van der Waals surface area contributed by atoms with Crippen molar-refractivity contribution >= 4 is 0 Å². The maximum atomic E-state index is 9.15. The molecule has 1 heterocycles. The number of fused-ring (bicyclic) bond motifs is 1. The van der Waals surface area contributed by atoms with E-state index in [9.17, 15) is 0 Å². The average molecular weight is 205 g/mol. The standard InChI is InChI=1S/C13H19NO/c1-10-3-4-12-5-6-14(11(2)9-15)8-13(12)7-10/h3-4,7,11,15H,5-6,8-9H2,1-2H3/t11-/m0/s1. The molecular formula is C13H19NO. The lowest BCUT2D eigenvalue weighted by Crippen LogP contribution is -2.39. The summed E-state index contributed by atoms with van der Waals surface area (Å²) in [7, 11) is 0. The second kappa shape index (κ2) is 4.33. The summed E-state index contributed by atoms with van der Waals surface area (Å²) in [6.07, 6.45) is 1.11. The van der Waals surface area contributed by atoms with Gasteiger partial charge in [0.2, 0.25) is 0 Å². The van der Waals surface area contributed by atoms with Gasteiger partial charge < -0.3 is 5.11 Å². The van der Waals surface area contributed by atoms with E-state index in [2.05, 4.69) is 36.9 Å². The molecule has 0 saturated heterocycles. The lowest BCUT2D eigenvalue weighted by atomic mass is 9.97. The van der Waals surface area contributed by atoms with Gasteiger partial charge in [0, 0.05) is 19.1 Å². The van der Waals surface area contributed by atoms with E-state index in [1.165, 1.54) is 16.7 Å². The number of hydrogen-bond acceptors (Lipinski definition) is 2. The molecule has 0 saturated carbocycles. The first-order chi connectivity index (χ1) is 7.20. The van der Waals surface area contributed by atoms with E-state index in [-0.39, 0.29) is 12.6 Å². The molecule has 0 radical (unpaired) electrons. The monoisotopic (exact) mass is 205 g/mol. The van der Waals surface area contributed by atoms with Gasteiger partial charge >= 0.3 is 0 Å². The molecular weight excluding hydrogens is 186 g/mol. The Kier molecular flexibility index (Phi) is 3.08. The van der Waals surface area contributed by atoms with Gasteiger partial charge in [0.25, 0.3) is 0 Å². The molecule has 0 unspecified atom stereocenters. The maximum Gasteiger partial charge on any atom is 0.0584 e. The van der Waals surface area contributed by atoms with Crippen LogP contribution in [0.3, 0.4) is 0 Å². The SMILES string of the molecule is Cc1ccc2c(c1)CN([C@@H](C)CO)CC2. The quantitative estimate of drug-likeness (QED) is 0.795. The van der Waals surface area contributed by atoms with Crippen LogP contribution in [0.2, 0.25) is 0 Å². The molecule has 2 nitrogen and oxygen atoms in total. The number of aliphatic hydroxyl groups is 1. The third-order valence-corrected chi connectivity index (χ3v) is 3.29. The molecule has 0 fully saturated rings. The van der Waals surface area contributed by atoms with Crippen molar-refractivity contribution in [3.63, 3.8) is 0 Å². The van der Waals surface area contributed by atoms with Gasteiger partial charge in [-0.3, -0.25) is 4.90 Å². The zero-order chi connectivity index (χ0) is 10.8. The molecule has 2 rings (SSSR count). The highest BCUT2D eigenvalue weighted by Gasteiger charge is 2.19. The summed E-state index contributed by atoms with van der Waals surface area (Å²) in [5.74, 6) is 0. The Hall–Kier alpha value is -0.860. The second-order valence-corrected chi connectivity index (χ2v) is 4.52. The molecule has 1 aliphatic rings. The van der Waals surface area contributed by atoms with Crippen molar-refractivity contribution in [1.29, 1.82) is 0 Å². The zero-order valence-electron chi connectivity index (χ0n) is 9.53. The predicted octanol–water partition coefficient (Wildman–Crippen LogP) is 1.73. The van der Waals surface area contributed by atoms with Gasteiger partial charge in [0.15, 0.2) is 0 Å². The van der Waals surface area contributed by atoms with E-state index >= 15 is 0 Å². The molecule has 0 aliphatic carbocycles. The smallest absolute Gasteiger partial charge is 0.0584 e. The van der Waals surface area contributed by atoms with Crippen molar-refractivity contribution in [1.82, 2.24) is 4.90 Å². The first kappa shape index (κ1) is 10.7. The molecule has 1 aromatic rings. The van der Waals surface area contributed by atoms with Crippen LogP contribution >= 0.6 is 0 Å². The normalized spacial score (nSPS) is 18.6. The van der Waals surface area contributed by atoms with Crippen LogP contribution in [0.15, 0.2) is 18.2 Å². The zero-order valence-corrected chi connectivity index (χ0v) is 9.53. The van der Waals surface area contributed by atoms with Crippen LogP contribution in [0.1, 0.15) is 23.6 Å². The lowest BCUT2D eigenvalue weighted by Gasteiger charge is -2.32. The van der Waals surface area contributed by atoms with Gasteiger partial charge in [-0.05, 0) is 31.4 Å². The number of hydrogen-bond donors (Lipinski definition) is 1. The van der Waals surface area contributed by atoms with Gasteiger partial charge in [-0.2, -0.15) is 0 Å². The van der Waals surface area contributed by atoms with E-state index in [0.717, 1.165) is 19.5 Å². The van der Waals surface area contributed by atoms with Crippen LogP contribution in [0.4, 0.5) is 0 Å². The fourth-order valence-corrected chi connectivity index (χ4v) is 2.20. The molecule has 0 bridgehead atoms. The van der Waals surface area contributed by atoms with Gasteiger partial charge in [-0.25, -0.2) is 0 Å². The summed E-state index contributed by atoms with van der Waals surface area (Å²) in [4.78, 5) is 2.35. The minimum atomic E-state index is 0.251. The molecule has 0 spiro atoms. The third-order valence-electron chi connectivity index (χ3n) is 3.29. The van der Waals surface area contributed by atoms with Crippen LogP contribution < -0.4 is 0 Å². The van der Waals surface area contributed by atoms with Crippen molar-refractivity contribution in [2.45, 2.75) is 32.9 Å². The van der Waals surface area contributed by atoms with Crippen LogP contribution in [0, 0.1) is 6.92 Å². The van der Waals surface area contributed by atoms with E-state index in [1.807, 2.05) is 0 Å². The number of aryl methyl sites for hydroxylation is 1. The van der Waals surface area contributed by atoms with Crippen molar-refractivity contribution in [2.75, 3.05) is 13.2 Å². The number of nitrogens with zero attached hydrogens (tertiary/aromatic N) is 1. The molecule has 1 atom stereocenters. The summed E-state index contributed by atoms with van der Waals surface area (Å²) in [5.41, 5.74) is 4.23. The number of rotatable bonds is 2. The fraction of sp³-hybridized carbons (Fsp3) is 0.538. The summed E-state index contributed by atoms with van der Waals surface area (Å²) in [6.45, 7) is 6.52. The highest BCUT2D eigenvalue weighted by Crippen LogP contribution is 2.21. The molecule has 82 valence electrons. The predicted molar refractivity (Wildman–Crippen MR) is 61.8 cm³/mol. The van der Waals surface area contributed by atoms with Crippen molar-refractivity contribution < 1.29 is 5.11 Å². The van der Waals surface area contributed by atoms with E-state index < -0.39 is 0 Å². The molecule has 2 heteroatoms. The summed E-state index contributed by atoms with van der Waals surface area (Å²) in [6, 6.07) is 6.97. The number of aliphatic hydroxyl groups excluding tert-OH is 1. The van der Waals surface area contributed by atoms with Crippen LogP contribution in [-0.2, 0) is 13.0 Å². The first-order valence-corrected chi connectivity index (χ1v) is 5.64. The third kappa shape index (κ3) is 2.21. The fourth-order valence-electron chi connectivity index (χ4n) is 2.20. The Morgan fingerprint density at radius 2 is 2.20 bits per heavy atom. The van der Waals surface area contributed by atoms with Gasteiger partial charge in [-0.1, -0.05) is 23.8 Å². The van der Waals surface area contributed by atoms with Crippen molar-refractivity contribution in [2.24, 2.45) is 0 Å². The van der Waals surface area contributed by atoms with Crippen LogP contribution in [0.5, 0.6) is 0 Å². The summed E-state index contributed by atoms with van der Waals surface area (Å²) in [5, 5.41) is 9.15. The van der Waals surface area contributed by atoms with Gasteiger partial charge in [0.05, 0.1) is 6.61 Å².